The van der Waals surface area contributed by atoms with Crippen LogP contribution in [0, 0.1) is 0 Å². The summed E-state index contributed by atoms with van der Waals surface area (Å²) in [6.07, 6.45) is 2.13. The molecule has 0 aromatic carbocycles. The van der Waals surface area contributed by atoms with Crippen molar-refractivity contribution < 1.29 is 14.3 Å². The van der Waals surface area contributed by atoms with Gasteiger partial charge >= 0.3 is 6.09 Å². The predicted molar refractivity (Wildman–Crippen MR) is 64.6 cm³/mol. The van der Waals surface area contributed by atoms with Crippen LogP contribution in [0.15, 0.2) is 0 Å². The fourth-order valence-corrected chi connectivity index (χ4v) is 2.00. The molecule has 1 rings (SSSR count). The molecule has 0 aliphatic carbocycles. The minimum atomic E-state index is -0.529. The Morgan fingerprint density at radius 1 is 1.31 bits per heavy atom. The number of hydrogen-bond acceptors (Lipinski definition) is 3. The van der Waals surface area contributed by atoms with Crippen LogP contribution in [0.3, 0.4) is 0 Å². The topological polar surface area (TPSA) is 46.6 Å². The van der Waals surface area contributed by atoms with E-state index >= 15 is 0 Å². The number of carbonyl (C=O) groups is 2. The SMILES string of the molecule is CC(C)(C)OC(=O)N1CCCCC1C(=O)S. The van der Waals surface area contributed by atoms with Gasteiger partial charge in [-0.25, -0.2) is 4.79 Å². The third-order valence-electron chi connectivity index (χ3n) is 2.42. The van der Waals surface area contributed by atoms with Gasteiger partial charge in [0.15, 0.2) is 0 Å². The van der Waals surface area contributed by atoms with Crippen LogP contribution in [0.4, 0.5) is 4.79 Å². The number of ether oxygens (including phenoxy) is 1. The molecule has 1 unspecified atom stereocenters. The molecule has 16 heavy (non-hydrogen) atoms. The molecular formula is C11H19NO3S. The number of rotatable bonds is 1. The summed E-state index contributed by atoms with van der Waals surface area (Å²) in [4.78, 5) is 24.6. The third-order valence-corrected chi connectivity index (χ3v) is 2.71. The molecule has 0 aromatic heterocycles. The molecule has 0 radical (unpaired) electrons. The van der Waals surface area contributed by atoms with Crippen molar-refractivity contribution >= 4 is 23.8 Å². The number of hydrogen-bond donors (Lipinski definition) is 1. The summed E-state index contributed by atoms with van der Waals surface area (Å²) in [6.45, 7) is 6.01. The first-order valence-corrected chi connectivity index (χ1v) is 5.98. The molecule has 1 amide bonds. The maximum absolute atomic E-state index is 11.8. The highest BCUT2D eigenvalue weighted by atomic mass is 32.1. The van der Waals surface area contributed by atoms with E-state index in [1.807, 2.05) is 20.8 Å². The fraction of sp³-hybridized carbons (Fsp3) is 0.818. The Morgan fingerprint density at radius 2 is 1.94 bits per heavy atom. The van der Waals surface area contributed by atoms with Gasteiger partial charge in [-0.3, -0.25) is 9.69 Å². The number of thiol groups is 1. The molecule has 0 saturated carbocycles. The van der Waals surface area contributed by atoms with E-state index in [2.05, 4.69) is 12.6 Å². The van der Waals surface area contributed by atoms with Gasteiger partial charge in [-0.1, -0.05) is 0 Å². The van der Waals surface area contributed by atoms with Crippen molar-refractivity contribution in [3.8, 4) is 0 Å². The lowest BCUT2D eigenvalue weighted by atomic mass is 10.0. The Bertz CT molecular complexity index is 285. The number of piperidine rings is 1. The number of amides is 1. The number of nitrogens with zero attached hydrogens (tertiary/aromatic N) is 1. The van der Waals surface area contributed by atoms with Gasteiger partial charge in [0.25, 0.3) is 0 Å². The number of carbonyl (C=O) groups excluding carboxylic acids is 2. The largest absolute Gasteiger partial charge is 0.444 e. The highest BCUT2D eigenvalue weighted by Gasteiger charge is 2.33. The minimum Gasteiger partial charge on any atom is -0.444 e. The zero-order chi connectivity index (χ0) is 12.3. The predicted octanol–water partition coefficient (Wildman–Crippen LogP) is 2.23. The van der Waals surface area contributed by atoms with E-state index in [1.165, 1.54) is 4.90 Å². The summed E-state index contributed by atoms with van der Waals surface area (Å²) >= 11 is 3.82. The van der Waals surface area contributed by atoms with Crippen molar-refractivity contribution in [2.75, 3.05) is 6.54 Å². The second-order valence-electron chi connectivity index (χ2n) is 5.02. The maximum atomic E-state index is 11.8. The summed E-state index contributed by atoms with van der Waals surface area (Å²) in [5.41, 5.74) is -0.529. The highest BCUT2D eigenvalue weighted by Crippen LogP contribution is 2.21. The Hall–Kier alpha value is -0.710. The Labute approximate surface area is 102 Å². The molecule has 4 nitrogen and oxygen atoms in total. The second kappa shape index (κ2) is 5.08. The molecule has 0 N–H and O–H groups in total. The minimum absolute atomic E-state index is 0.259. The van der Waals surface area contributed by atoms with Crippen LogP contribution < -0.4 is 0 Å². The van der Waals surface area contributed by atoms with Crippen LogP contribution >= 0.6 is 12.6 Å². The first kappa shape index (κ1) is 13.4. The molecule has 92 valence electrons. The normalized spacial score (nSPS) is 21.8. The zero-order valence-corrected chi connectivity index (χ0v) is 10.9. The lowest BCUT2D eigenvalue weighted by Crippen LogP contribution is -2.48. The van der Waals surface area contributed by atoms with Crippen molar-refractivity contribution in [1.82, 2.24) is 4.90 Å². The van der Waals surface area contributed by atoms with Gasteiger partial charge in [-0.15, -0.1) is 12.6 Å². The summed E-state index contributed by atoms with van der Waals surface area (Å²) in [6, 6.07) is -0.424. The second-order valence-corrected chi connectivity index (χ2v) is 5.46. The van der Waals surface area contributed by atoms with Crippen LogP contribution in [0.25, 0.3) is 0 Å². The lowest BCUT2D eigenvalue weighted by Gasteiger charge is -2.34. The third kappa shape index (κ3) is 3.70. The Kier molecular flexibility index (Phi) is 4.24. The molecule has 0 aromatic rings. The van der Waals surface area contributed by atoms with Crippen molar-refractivity contribution in [3.63, 3.8) is 0 Å². The van der Waals surface area contributed by atoms with Gasteiger partial charge in [0, 0.05) is 6.54 Å². The van der Waals surface area contributed by atoms with E-state index in [-0.39, 0.29) is 5.12 Å². The quantitative estimate of drug-likeness (QED) is 0.721. The van der Waals surface area contributed by atoms with Crippen molar-refractivity contribution in [2.24, 2.45) is 0 Å². The zero-order valence-electron chi connectivity index (χ0n) is 10.0. The Balaban J connectivity index is 2.68. The van der Waals surface area contributed by atoms with Crippen LogP contribution in [0.2, 0.25) is 0 Å². The van der Waals surface area contributed by atoms with E-state index in [9.17, 15) is 9.59 Å². The van der Waals surface area contributed by atoms with Crippen molar-refractivity contribution in [2.45, 2.75) is 51.7 Å². The van der Waals surface area contributed by atoms with Gasteiger partial charge in [0.2, 0.25) is 5.12 Å². The summed E-state index contributed by atoms with van der Waals surface area (Å²) in [5.74, 6) is 0. The summed E-state index contributed by atoms with van der Waals surface area (Å²) < 4.78 is 5.26. The molecule has 1 atom stereocenters. The Morgan fingerprint density at radius 3 is 2.44 bits per heavy atom. The molecule has 0 spiro atoms. The lowest BCUT2D eigenvalue weighted by molar-refractivity contribution is -0.116. The van der Waals surface area contributed by atoms with E-state index < -0.39 is 17.7 Å². The first-order chi connectivity index (χ1) is 7.31. The molecule has 1 heterocycles. The van der Waals surface area contributed by atoms with Gasteiger partial charge in [-0.05, 0) is 40.0 Å². The summed E-state index contributed by atoms with van der Waals surface area (Å²) in [7, 11) is 0. The molecule has 1 aliphatic heterocycles. The fourth-order valence-electron chi connectivity index (χ4n) is 1.73. The highest BCUT2D eigenvalue weighted by molar-refractivity contribution is 7.96. The molecular weight excluding hydrogens is 226 g/mol. The van der Waals surface area contributed by atoms with Crippen molar-refractivity contribution in [3.05, 3.63) is 0 Å². The van der Waals surface area contributed by atoms with Crippen LogP contribution in [0.1, 0.15) is 40.0 Å². The monoisotopic (exact) mass is 245 g/mol. The van der Waals surface area contributed by atoms with Gasteiger partial charge in [0.1, 0.15) is 11.6 Å². The number of likely N-dealkylation sites (tertiary alicyclic amines) is 1. The average molecular weight is 245 g/mol. The van der Waals surface area contributed by atoms with Crippen molar-refractivity contribution in [1.29, 1.82) is 0 Å². The maximum Gasteiger partial charge on any atom is 0.410 e. The first-order valence-electron chi connectivity index (χ1n) is 5.54. The van der Waals surface area contributed by atoms with Crippen LogP contribution in [0.5, 0.6) is 0 Å². The van der Waals surface area contributed by atoms with E-state index in [1.54, 1.807) is 0 Å². The van der Waals surface area contributed by atoms with Crippen LogP contribution in [-0.2, 0) is 9.53 Å². The van der Waals surface area contributed by atoms with Gasteiger partial charge in [-0.2, -0.15) is 0 Å². The van der Waals surface area contributed by atoms with Crippen LogP contribution in [-0.4, -0.2) is 34.3 Å². The van der Waals surface area contributed by atoms with E-state index in [0.29, 0.717) is 13.0 Å². The van der Waals surface area contributed by atoms with Gasteiger partial charge < -0.3 is 4.74 Å². The summed E-state index contributed by atoms with van der Waals surface area (Å²) in [5, 5.41) is -0.259. The molecule has 1 saturated heterocycles. The molecule has 1 fully saturated rings. The average Bonchev–Trinajstić information content (AvgIpc) is 2.15. The molecule has 1 aliphatic rings. The molecule has 5 heteroatoms. The molecule has 0 bridgehead atoms. The van der Waals surface area contributed by atoms with E-state index in [0.717, 1.165) is 12.8 Å². The smallest absolute Gasteiger partial charge is 0.410 e. The van der Waals surface area contributed by atoms with Gasteiger partial charge in [0.05, 0.1) is 0 Å². The van der Waals surface area contributed by atoms with E-state index in [4.69, 9.17) is 4.74 Å². The standard InChI is InChI=1S/C11H19NO3S/c1-11(2,3)15-10(14)12-7-5-4-6-8(12)9(13)16/h8H,4-7H2,1-3H3,(H,13,16).